The largest absolute Gasteiger partial charge is 0.437 e. The molecule has 0 unspecified atom stereocenters. The van der Waals surface area contributed by atoms with Crippen LogP contribution in [-0.4, -0.2) is 9.78 Å². The van der Waals surface area contributed by atoms with Crippen molar-refractivity contribution in [3.8, 4) is 11.6 Å². The number of aromatic nitrogens is 2. The van der Waals surface area contributed by atoms with Crippen LogP contribution in [0.3, 0.4) is 0 Å². The maximum absolute atomic E-state index is 6.05. The van der Waals surface area contributed by atoms with E-state index >= 15 is 0 Å². The Morgan fingerprint density at radius 3 is 2.79 bits per heavy atom. The molecule has 2 aromatic rings. The molecular weight excluding hydrogens is 306 g/mol. The monoisotopic (exact) mass is 323 g/mol. The van der Waals surface area contributed by atoms with Crippen LogP contribution in [0.5, 0.6) is 11.6 Å². The first-order valence-electron chi connectivity index (χ1n) is 6.29. The number of nitrogens with two attached hydrogens (primary N) is 1. The lowest BCUT2D eigenvalue weighted by Gasteiger charge is -2.11. The summed E-state index contributed by atoms with van der Waals surface area (Å²) >= 11 is 3.45. The van der Waals surface area contributed by atoms with Crippen molar-refractivity contribution in [1.82, 2.24) is 9.78 Å². The van der Waals surface area contributed by atoms with Crippen molar-refractivity contribution in [2.45, 2.75) is 33.7 Å². The minimum atomic E-state index is 0.604. The molecule has 2 N–H and O–H groups in total. The zero-order valence-corrected chi connectivity index (χ0v) is 13.0. The van der Waals surface area contributed by atoms with E-state index in [1.165, 1.54) is 0 Å². The van der Waals surface area contributed by atoms with Gasteiger partial charge in [0.15, 0.2) is 0 Å². The van der Waals surface area contributed by atoms with Crippen LogP contribution in [0.15, 0.2) is 22.7 Å². The molecule has 0 aliphatic carbocycles. The Morgan fingerprint density at radius 1 is 1.37 bits per heavy atom. The number of rotatable bonds is 4. The fraction of sp³-hybridized carbons (Fsp3) is 0.357. The van der Waals surface area contributed by atoms with E-state index < -0.39 is 0 Å². The van der Waals surface area contributed by atoms with Crippen LogP contribution < -0.4 is 10.5 Å². The Balaban J connectivity index is 2.39. The molecule has 5 heteroatoms. The van der Waals surface area contributed by atoms with Gasteiger partial charge in [0, 0.05) is 11.0 Å². The maximum Gasteiger partial charge on any atom is 0.241 e. The van der Waals surface area contributed by atoms with E-state index in [0.29, 0.717) is 11.6 Å². The van der Waals surface area contributed by atoms with E-state index in [9.17, 15) is 0 Å². The fourth-order valence-electron chi connectivity index (χ4n) is 1.83. The van der Waals surface area contributed by atoms with Gasteiger partial charge in [0.2, 0.25) is 5.88 Å². The molecular formula is C14H18BrN3O. The summed E-state index contributed by atoms with van der Waals surface area (Å²) < 4.78 is 8.77. The van der Waals surface area contributed by atoms with Crippen molar-refractivity contribution in [2.24, 2.45) is 0 Å². The van der Waals surface area contributed by atoms with Crippen molar-refractivity contribution in [3.05, 3.63) is 33.9 Å². The molecule has 0 amide bonds. The van der Waals surface area contributed by atoms with Crippen molar-refractivity contribution in [2.75, 3.05) is 5.73 Å². The lowest BCUT2D eigenvalue weighted by molar-refractivity contribution is 0.408. The predicted molar refractivity (Wildman–Crippen MR) is 80.6 cm³/mol. The summed E-state index contributed by atoms with van der Waals surface area (Å²) in [5.74, 6) is 1.42. The second-order valence-electron chi connectivity index (χ2n) is 4.54. The van der Waals surface area contributed by atoms with E-state index in [1.54, 1.807) is 0 Å². The number of anilines is 1. The van der Waals surface area contributed by atoms with Crippen LogP contribution in [0.2, 0.25) is 0 Å². The number of aryl methyl sites for hydroxylation is 3. The Labute approximate surface area is 121 Å². The second-order valence-corrected chi connectivity index (χ2v) is 5.45. The topological polar surface area (TPSA) is 53.1 Å². The van der Waals surface area contributed by atoms with Gasteiger partial charge in [-0.05, 0) is 38.0 Å². The third kappa shape index (κ3) is 2.92. The normalized spacial score (nSPS) is 10.7. The molecule has 0 fully saturated rings. The van der Waals surface area contributed by atoms with Gasteiger partial charge in [0.25, 0.3) is 0 Å². The molecule has 0 saturated heterocycles. The minimum Gasteiger partial charge on any atom is -0.437 e. The lowest BCUT2D eigenvalue weighted by Crippen LogP contribution is -2.03. The molecule has 0 spiro atoms. The molecule has 2 rings (SSSR count). The van der Waals surface area contributed by atoms with E-state index in [0.717, 1.165) is 34.4 Å². The van der Waals surface area contributed by atoms with Gasteiger partial charge in [0.05, 0.1) is 5.69 Å². The summed E-state index contributed by atoms with van der Waals surface area (Å²) in [6, 6.07) is 5.93. The van der Waals surface area contributed by atoms with Crippen molar-refractivity contribution >= 4 is 21.6 Å². The average molecular weight is 324 g/mol. The summed E-state index contributed by atoms with van der Waals surface area (Å²) in [6.45, 7) is 6.79. The number of nitrogens with zero attached hydrogens (tertiary/aromatic N) is 2. The number of hydrogen-bond acceptors (Lipinski definition) is 3. The predicted octanol–water partition coefficient (Wildman–Crippen LogP) is 4.05. The van der Waals surface area contributed by atoms with Crippen molar-refractivity contribution in [3.63, 3.8) is 0 Å². The van der Waals surface area contributed by atoms with Gasteiger partial charge < -0.3 is 10.5 Å². The second kappa shape index (κ2) is 5.65. The van der Waals surface area contributed by atoms with Gasteiger partial charge in [-0.25, -0.2) is 4.68 Å². The third-order valence-electron chi connectivity index (χ3n) is 2.92. The molecule has 0 atom stereocenters. The molecule has 4 nitrogen and oxygen atoms in total. The molecule has 0 aliphatic rings. The van der Waals surface area contributed by atoms with Crippen LogP contribution >= 0.6 is 15.9 Å². The summed E-state index contributed by atoms with van der Waals surface area (Å²) in [5.41, 5.74) is 8.52. The Hall–Kier alpha value is -1.49. The standard InChI is InChI=1S/C14H18BrN3O/c1-4-7-18-14(13(16)10(3)17-18)19-12-8-11(15)6-5-9(12)2/h5-6,8H,4,7,16H2,1-3H3. The average Bonchev–Trinajstić information content (AvgIpc) is 2.62. The van der Waals surface area contributed by atoms with Gasteiger partial charge in [0.1, 0.15) is 11.4 Å². The van der Waals surface area contributed by atoms with E-state index in [1.807, 2.05) is 36.7 Å². The van der Waals surface area contributed by atoms with Crippen LogP contribution in [0.1, 0.15) is 24.6 Å². The van der Waals surface area contributed by atoms with Gasteiger partial charge in [-0.15, -0.1) is 0 Å². The smallest absolute Gasteiger partial charge is 0.241 e. The summed E-state index contributed by atoms with van der Waals surface area (Å²) in [7, 11) is 0. The van der Waals surface area contributed by atoms with E-state index in [4.69, 9.17) is 10.5 Å². The molecule has 102 valence electrons. The van der Waals surface area contributed by atoms with Crippen molar-refractivity contribution < 1.29 is 4.74 Å². The Morgan fingerprint density at radius 2 is 2.11 bits per heavy atom. The third-order valence-corrected chi connectivity index (χ3v) is 3.41. The maximum atomic E-state index is 6.05. The quantitative estimate of drug-likeness (QED) is 0.923. The Kier molecular flexibility index (Phi) is 4.14. The zero-order chi connectivity index (χ0) is 14.0. The van der Waals surface area contributed by atoms with Crippen LogP contribution in [0.25, 0.3) is 0 Å². The SMILES string of the molecule is CCCn1nc(C)c(N)c1Oc1cc(Br)ccc1C. The number of benzene rings is 1. The number of ether oxygens (including phenoxy) is 1. The highest BCUT2D eigenvalue weighted by Gasteiger charge is 2.15. The first kappa shape index (κ1) is 13.9. The summed E-state index contributed by atoms with van der Waals surface area (Å²) in [5, 5.41) is 4.40. The van der Waals surface area contributed by atoms with Crippen LogP contribution in [0.4, 0.5) is 5.69 Å². The molecule has 1 aromatic carbocycles. The fourth-order valence-corrected chi connectivity index (χ4v) is 2.17. The first-order chi connectivity index (χ1) is 9.02. The van der Waals surface area contributed by atoms with Crippen LogP contribution in [0, 0.1) is 13.8 Å². The van der Waals surface area contributed by atoms with Gasteiger partial charge in [-0.3, -0.25) is 0 Å². The summed E-state index contributed by atoms with van der Waals surface area (Å²) in [6.07, 6.45) is 0.981. The lowest BCUT2D eigenvalue weighted by atomic mass is 10.2. The zero-order valence-electron chi connectivity index (χ0n) is 11.4. The van der Waals surface area contributed by atoms with E-state index in [-0.39, 0.29) is 0 Å². The van der Waals surface area contributed by atoms with Gasteiger partial charge >= 0.3 is 0 Å². The first-order valence-corrected chi connectivity index (χ1v) is 7.09. The molecule has 19 heavy (non-hydrogen) atoms. The molecule has 1 heterocycles. The molecule has 0 saturated carbocycles. The van der Waals surface area contributed by atoms with E-state index in [2.05, 4.69) is 28.0 Å². The molecule has 0 radical (unpaired) electrons. The summed E-state index contributed by atoms with van der Waals surface area (Å²) in [4.78, 5) is 0. The Bertz CT molecular complexity index is 593. The number of nitrogen functional groups attached to an aromatic ring is 1. The molecule has 1 aromatic heterocycles. The molecule has 0 bridgehead atoms. The van der Waals surface area contributed by atoms with Gasteiger partial charge in [-0.1, -0.05) is 28.9 Å². The highest BCUT2D eigenvalue weighted by molar-refractivity contribution is 9.10. The highest BCUT2D eigenvalue weighted by Crippen LogP contribution is 2.33. The number of halogens is 1. The van der Waals surface area contributed by atoms with Crippen molar-refractivity contribution in [1.29, 1.82) is 0 Å². The van der Waals surface area contributed by atoms with Crippen LogP contribution in [-0.2, 0) is 6.54 Å². The molecule has 0 aliphatic heterocycles. The minimum absolute atomic E-state index is 0.604. The highest BCUT2D eigenvalue weighted by atomic mass is 79.9. The van der Waals surface area contributed by atoms with Gasteiger partial charge in [-0.2, -0.15) is 5.10 Å². The number of hydrogen-bond donors (Lipinski definition) is 1.